The third-order valence-electron chi connectivity index (χ3n) is 4.01. The number of nitrogens with zero attached hydrogens (tertiary/aromatic N) is 2. The summed E-state index contributed by atoms with van der Waals surface area (Å²) < 4.78 is 0. The first-order chi connectivity index (χ1) is 12.6. The van der Waals surface area contributed by atoms with Crippen LogP contribution in [0.4, 0.5) is 0 Å². The molecular weight excluding hydrogens is 320 g/mol. The molecule has 0 saturated heterocycles. The van der Waals surface area contributed by atoms with Crippen LogP contribution in [0.2, 0.25) is 0 Å². The van der Waals surface area contributed by atoms with Crippen molar-refractivity contribution in [2.45, 2.75) is 6.54 Å². The number of carbonyl (C=O) groups is 1. The molecule has 3 aromatic rings. The number of hydrogen-bond acceptors (Lipinski definition) is 3. The molecule has 0 atom stereocenters. The van der Waals surface area contributed by atoms with Crippen LogP contribution >= 0.6 is 0 Å². The average Bonchev–Trinajstić information content (AvgIpc) is 2.67. The first kappa shape index (κ1) is 17.8. The largest absolute Gasteiger partial charge is 0.305 e. The van der Waals surface area contributed by atoms with Crippen molar-refractivity contribution in [2.75, 3.05) is 14.1 Å². The molecule has 0 aliphatic heterocycles. The second kappa shape index (κ2) is 8.37. The van der Waals surface area contributed by atoms with Gasteiger partial charge in [-0.15, -0.1) is 0 Å². The molecule has 130 valence electrons. The maximum atomic E-state index is 12.4. The third kappa shape index (κ3) is 4.74. The fraction of sp³-hybridized carbons (Fsp3) is 0.130. The van der Waals surface area contributed by atoms with Gasteiger partial charge in [-0.1, -0.05) is 60.7 Å². The Balaban J connectivity index is 1.71. The van der Waals surface area contributed by atoms with Gasteiger partial charge in [0.15, 0.2) is 5.78 Å². The highest BCUT2D eigenvalue weighted by Crippen LogP contribution is 2.17. The molecule has 0 bridgehead atoms. The Bertz CT molecular complexity index is 897. The van der Waals surface area contributed by atoms with Crippen LogP contribution in [0, 0.1) is 0 Å². The van der Waals surface area contributed by atoms with E-state index < -0.39 is 0 Å². The van der Waals surface area contributed by atoms with Crippen LogP contribution in [0.1, 0.15) is 21.5 Å². The molecule has 3 heteroatoms. The lowest BCUT2D eigenvalue weighted by molar-refractivity contribution is 0.104. The van der Waals surface area contributed by atoms with Gasteiger partial charge in [0.2, 0.25) is 0 Å². The summed E-state index contributed by atoms with van der Waals surface area (Å²) in [5.41, 5.74) is 4.83. The van der Waals surface area contributed by atoms with E-state index in [-0.39, 0.29) is 5.78 Å². The van der Waals surface area contributed by atoms with Crippen molar-refractivity contribution in [3.8, 4) is 11.3 Å². The molecule has 2 aromatic carbocycles. The molecule has 0 saturated carbocycles. The van der Waals surface area contributed by atoms with E-state index in [1.807, 2.05) is 74.8 Å². The Morgan fingerprint density at radius 1 is 1.00 bits per heavy atom. The normalized spacial score (nSPS) is 11.2. The minimum absolute atomic E-state index is 0.00409. The molecule has 0 radical (unpaired) electrons. The average molecular weight is 342 g/mol. The molecule has 26 heavy (non-hydrogen) atoms. The van der Waals surface area contributed by atoms with Crippen molar-refractivity contribution in [2.24, 2.45) is 0 Å². The molecule has 0 N–H and O–H groups in total. The van der Waals surface area contributed by atoms with Gasteiger partial charge in [0, 0.05) is 23.9 Å². The van der Waals surface area contributed by atoms with Gasteiger partial charge in [-0.25, -0.2) is 0 Å². The number of aromatic nitrogens is 1. The molecule has 0 aliphatic carbocycles. The minimum Gasteiger partial charge on any atom is -0.305 e. The van der Waals surface area contributed by atoms with Crippen molar-refractivity contribution in [1.29, 1.82) is 0 Å². The first-order valence-corrected chi connectivity index (χ1v) is 8.59. The van der Waals surface area contributed by atoms with E-state index in [9.17, 15) is 4.79 Å². The Morgan fingerprint density at radius 3 is 2.50 bits per heavy atom. The summed E-state index contributed by atoms with van der Waals surface area (Å²) in [6.45, 7) is 0.880. The van der Waals surface area contributed by atoms with Gasteiger partial charge in [-0.3, -0.25) is 9.78 Å². The monoisotopic (exact) mass is 342 g/mol. The summed E-state index contributed by atoms with van der Waals surface area (Å²) in [6.07, 6.45) is 5.26. The van der Waals surface area contributed by atoms with Gasteiger partial charge >= 0.3 is 0 Å². The van der Waals surface area contributed by atoms with Crippen molar-refractivity contribution in [3.05, 3.63) is 95.7 Å². The molecule has 0 unspecified atom stereocenters. The predicted octanol–water partition coefficient (Wildman–Crippen LogP) is 4.71. The number of hydrogen-bond donors (Lipinski definition) is 0. The van der Waals surface area contributed by atoms with Gasteiger partial charge in [0.1, 0.15) is 0 Å². The lowest BCUT2D eigenvalue weighted by Gasteiger charge is -2.09. The van der Waals surface area contributed by atoms with E-state index in [4.69, 9.17) is 0 Å². The van der Waals surface area contributed by atoms with Crippen LogP contribution in [0.3, 0.4) is 0 Å². The van der Waals surface area contributed by atoms with Crippen LogP contribution in [0.25, 0.3) is 17.3 Å². The SMILES string of the molecule is CN(C)Cc1cccc(/C=C/C(=O)c2ccc(-c3ccccn3)cc2)c1. The van der Waals surface area contributed by atoms with Crippen LogP contribution in [0.5, 0.6) is 0 Å². The molecule has 3 rings (SSSR count). The van der Waals surface area contributed by atoms with E-state index in [1.54, 1.807) is 12.3 Å². The zero-order valence-electron chi connectivity index (χ0n) is 15.1. The highest BCUT2D eigenvalue weighted by molar-refractivity contribution is 6.07. The second-order valence-corrected chi connectivity index (χ2v) is 6.47. The van der Waals surface area contributed by atoms with Crippen LogP contribution in [0.15, 0.2) is 79.0 Å². The van der Waals surface area contributed by atoms with Gasteiger partial charge in [0.05, 0.1) is 5.69 Å². The zero-order valence-corrected chi connectivity index (χ0v) is 15.1. The summed E-state index contributed by atoms with van der Waals surface area (Å²) >= 11 is 0. The lowest BCUT2D eigenvalue weighted by atomic mass is 10.0. The van der Waals surface area contributed by atoms with Crippen molar-refractivity contribution in [1.82, 2.24) is 9.88 Å². The second-order valence-electron chi connectivity index (χ2n) is 6.47. The summed E-state index contributed by atoms with van der Waals surface area (Å²) in [5.74, 6) is -0.00409. The number of carbonyl (C=O) groups excluding carboxylic acids is 1. The van der Waals surface area contributed by atoms with Gasteiger partial charge < -0.3 is 4.90 Å². The Hall–Kier alpha value is -3.04. The highest BCUT2D eigenvalue weighted by Gasteiger charge is 2.04. The van der Waals surface area contributed by atoms with Crippen molar-refractivity contribution < 1.29 is 4.79 Å². The van der Waals surface area contributed by atoms with E-state index in [1.165, 1.54) is 5.56 Å². The standard InChI is InChI=1S/C23H22N2O/c1-25(2)17-19-7-5-6-18(16-19)9-14-23(26)21-12-10-20(11-13-21)22-8-3-4-15-24-22/h3-16H,17H2,1-2H3/b14-9+. The molecule has 1 heterocycles. The molecule has 3 nitrogen and oxygen atoms in total. The van der Waals surface area contributed by atoms with Crippen molar-refractivity contribution in [3.63, 3.8) is 0 Å². The molecule has 0 spiro atoms. The summed E-state index contributed by atoms with van der Waals surface area (Å²) in [6, 6.07) is 21.6. The van der Waals surface area contributed by atoms with Gasteiger partial charge in [0.25, 0.3) is 0 Å². The highest BCUT2D eigenvalue weighted by atomic mass is 16.1. The minimum atomic E-state index is -0.00409. The first-order valence-electron chi connectivity index (χ1n) is 8.59. The quantitative estimate of drug-likeness (QED) is 0.481. The summed E-state index contributed by atoms with van der Waals surface area (Å²) in [4.78, 5) is 18.9. The maximum Gasteiger partial charge on any atom is 0.185 e. The van der Waals surface area contributed by atoms with Gasteiger partial charge in [-0.05, 0) is 43.4 Å². The molecular formula is C23H22N2O. The Morgan fingerprint density at radius 2 is 1.81 bits per heavy atom. The maximum absolute atomic E-state index is 12.4. The smallest absolute Gasteiger partial charge is 0.185 e. The topological polar surface area (TPSA) is 33.2 Å². The number of pyridine rings is 1. The number of benzene rings is 2. The predicted molar refractivity (Wildman–Crippen MR) is 107 cm³/mol. The van der Waals surface area contributed by atoms with E-state index in [0.29, 0.717) is 5.56 Å². The van der Waals surface area contributed by atoms with E-state index >= 15 is 0 Å². The Labute approximate surface area is 154 Å². The zero-order chi connectivity index (χ0) is 18.4. The number of rotatable bonds is 6. The number of allylic oxidation sites excluding steroid dienone is 1. The fourth-order valence-corrected chi connectivity index (χ4v) is 2.77. The van der Waals surface area contributed by atoms with E-state index in [0.717, 1.165) is 23.4 Å². The van der Waals surface area contributed by atoms with Crippen LogP contribution < -0.4 is 0 Å². The van der Waals surface area contributed by atoms with Crippen molar-refractivity contribution >= 4 is 11.9 Å². The van der Waals surface area contributed by atoms with Crippen LogP contribution in [-0.2, 0) is 6.54 Å². The van der Waals surface area contributed by atoms with Gasteiger partial charge in [-0.2, -0.15) is 0 Å². The van der Waals surface area contributed by atoms with E-state index in [2.05, 4.69) is 22.0 Å². The molecule has 0 fully saturated rings. The third-order valence-corrected chi connectivity index (χ3v) is 4.01. The molecule has 0 aliphatic rings. The molecule has 1 aromatic heterocycles. The Kier molecular flexibility index (Phi) is 5.72. The molecule has 0 amide bonds. The van der Waals surface area contributed by atoms with Crippen LogP contribution in [-0.4, -0.2) is 29.8 Å². The number of ketones is 1. The fourth-order valence-electron chi connectivity index (χ4n) is 2.77. The summed E-state index contributed by atoms with van der Waals surface area (Å²) in [7, 11) is 4.08. The lowest BCUT2D eigenvalue weighted by Crippen LogP contribution is -2.10. The summed E-state index contributed by atoms with van der Waals surface area (Å²) in [5, 5.41) is 0.